The molecule has 0 amide bonds. The van der Waals surface area contributed by atoms with Gasteiger partial charge in [0.05, 0.1) is 12.2 Å². The lowest BCUT2D eigenvalue weighted by Crippen LogP contribution is -2.20. The molecular formula is C14H17BrO4. The molecule has 1 aromatic rings. The van der Waals surface area contributed by atoms with Crippen molar-refractivity contribution in [3.63, 3.8) is 0 Å². The molecule has 19 heavy (non-hydrogen) atoms. The van der Waals surface area contributed by atoms with Crippen LogP contribution < -0.4 is 9.47 Å². The third-order valence-electron chi connectivity index (χ3n) is 3.60. The molecule has 0 saturated carbocycles. The molecule has 1 N–H and O–H groups in total. The second kappa shape index (κ2) is 5.31. The van der Waals surface area contributed by atoms with E-state index in [4.69, 9.17) is 14.2 Å². The van der Waals surface area contributed by atoms with Crippen LogP contribution >= 0.6 is 15.9 Å². The lowest BCUT2D eigenvalue weighted by atomic mass is 10.0. The average Bonchev–Trinajstić information content (AvgIpc) is 2.84. The third-order valence-corrected chi connectivity index (χ3v) is 4.28. The summed E-state index contributed by atoms with van der Waals surface area (Å²) < 4.78 is 17.6. The molecular weight excluding hydrogens is 312 g/mol. The van der Waals surface area contributed by atoms with Crippen LogP contribution in [0.25, 0.3) is 0 Å². The van der Waals surface area contributed by atoms with Gasteiger partial charge in [0.1, 0.15) is 19.3 Å². The SMILES string of the molecule is CC1CCC(C(O)c2cc3c(cc2Br)OCCO3)O1. The quantitative estimate of drug-likeness (QED) is 0.906. The van der Waals surface area contributed by atoms with Crippen LogP contribution in [0.5, 0.6) is 11.5 Å². The van der Waals surface area contributed by atoms with E-state index in [0.29, 0.717) is 19.0 Å². The Morgan fingerprint density at radius 3 is 2.53 bits per heavy atom. The van der Waals surface area contributed by atoms with Crippen LogP contribution in [0.15, 0.2) is 16.6 Å². The number of aliphatic hydroxyl groups excluding tert-OH is 1. The molecule has 3 atom stereocenters. The van der Waals surface area contributed by atoms with Crippen LogP contribution in [0.4, 0.5) is 0 Å². The van der Waals surface area contributed by atoms with E-state index >= 15 is 0 Å². The molecule has 1 aromatic carbocycles. The molecule has 4 nitrogen and oxygen atoms in total. The van der Waals surface area contributed by atoms with E-state index in [1.54, 1.807) is 0 Å². The Kier molecular flexibility index (Phi) is 3.69. The predicted octanol–water partition coefficient (Wildman–Crippen LogP) is 2.82. The number of ether oxygens (including phenoxy) is 3. The van der Waals surface area contributed by atoms with E-state index in [1.165, 1.54) is 0 Å². The fourth-order valence-electron chi connectivity index (χ4n) is 2.57. The third kappa shape index (κ3) is 2.59. The summed E-state index contributed by atoms with van der Waals surface area (Å²) in [4.78, 5) is 0. The van der Waals surface area contributed by atoms with Gasteiger partial charge < -0.3 is 19.3 Å². The van der Waals surface area contributed by atoms with Gasteiger partial charge in [-0.1, -0.05) is 15.9 Å². The zero-order valence-electron chi connectivity index (χ0n) is 10.8. The molecule has 0 aliphatic carbocycles. The Balaban J connectivity index is 1.87. The zero-order valence-corrected chi connectivity index (χ0v) is 12.4. The van der Waals surface area contributed by atoms with Gasteiger partial charge in [-0.2, -0.15) is 0 Å². The second-order valence-electron chi connectivity index (χ2n) is 5.02. The van der Waals surface area contributed by atoms with Gasteiger partial charge in [0.25, 0.3) is 0 Å². The number of hydrogen-bond donors (Lipinski definition) is 1. The molecule has 2 aliphatic heterocycles. The summed E-state index contributed by atoms with van der Waals surface area (Å²) in [7, 11) is 0. The monoisotopic (exact) mass is 328 g/mol. The van der Waals surface area contributed by atoms with Crippen LogP contribution in [0.2, 0.25) is 0 Å². The maximum absolute atomic E-state index is 10.5. The summed E-state index contributed by atoms with van der Waals surface area (Å²) in [5.74, 6) is 1.41. The predicted molar refractivity (Wildman–Crippen MR) is 73.7 cm³/mol. The van der Waals surface area contributed by atoms with E-state index < -0.39 is 6.10 Å². The van der Waals surface area contributed by atoms with Gasteiger partial charge in [-0.05, 0) is 31.9 Å². The first-order valence-electron chi connectivity index (χ1n) is 6.57. The van der Waals surface area contributed by atoms with Crippen molar-refractivity contribution in [1.82, 2.24) is 0 Å². The minimum atomic E-state index is -0.643. The zero-order chi connectivity index (χ0) is 13.4. The van der Waals surface area contributed by atoms with Crippen LogP contribution in [0.1, 0.15) is 31.4 Å². The maximum atomic E-state index is 10.5. The highest BCUT2D eigenvalue weighted by Crippen LogP contribution is 2.40. The van der Waals surface area contributed by atoms with Crippen molar-refractivity contribution in [3.05, 3.63) is 22.2 Å². The van der Waals surface area contributed by atoms with E-state index in [2.05, 4.69) is 15.9 Å². The van der Waals surface area contributed by atoms with Crippen molar-refractivity contribution in [2.75, 3.05) is 13.2 Å². The van der Waals surface area contributed by atoms with E-state index in [9.17, 15) is 5.11 Å². The van der Waals surface area contributed by atoms with Crippen molar-refractivity contribution in [2.45, 2.75) is 38.1 Å². The van der Waals surface area contributed by atoms with Gasteiger partial charge in [0, 0.05) is 10.0 Å². The lowest BCUT2D eigenvalue weighted by Gasteiger charge is -2.24. The molecule has 2 heterocycles. The van der Waals surface area contributed by atoms with Crippen molar-refractivity contribution >= 4 is 15.9 Å². The van der Waals surface area contributed by atoms with Crippen LogP contribution in [-0.4, -0.2) is 30.5 Å². The summed E-state index contributed by atoms with van der Waals surface area (Å²) in [6, 6.07) is 3.70. The highest BCUT2D eigenvalue weighted by atomic mass is 79.9. The Hall–Kier alpha value is -0.780. The molecule has 0 aromatic heterocycles. The van der Waals surface area contributed by atoms with E-state index in [1.807, 2.05) is 19.1 Å². The van der Waals surface area contributed by atoms with Gasteiger partial charge >= 0.3 is 0 Å². The molecule has 2 aliphatic rings. The topological polar surface area (TPSA) is 47.9 Å². The Morgan fingerprint density at radius 1 is 1.21 bits per heavy atom. The average molecular weight is 329 g/mol. The van der Waals surface area contributed by atoms with Crippen molar-refractivity contribution in [1.29, 1.82) is 0 Å². The summed E-state index contributed by atoms with van der Waals surface area (Å²) in [5, 5.41) is 10.5. The van der Waals surface area contributed by atoms with Crippen LogP contribution in [-0.2, 0) is 4.74 Å². The van der Waals surface area contributed by atoms with Gasteiger partial charge in [-0.3, -0.25) is 0 Å². The Labute approximate surface area is 120 Å². The number of benzene rings is 1. The highest BCUT2D eigenvalue weighted by Gasteiger charge is 2.31. The van der Waals surface area contributed by atoms with Crippen LogP contribution in [0.3, 0.4) is 0 Å². The molecule has 1 fully saturated rings. The van der Waals surface area contributed by atoms with Gasteiger partial charge in [-0.15, -0.1) is 0 Å². The smallest absolute Gasteiger partial charge is 0.162 e. The molecule has 0 radical (unpaired) electrons. The summed E-state index contributed by atoms with van der Waals surface area (Å²) >= 11 is 3.49. The fourth-order valence-corrected chi connectivity index (χ4v) is 3.13. The molecule has 104 valence electrons. The molecule has 1 saturated heterocycles. The maximum Gasteiger partial charge on any atom is 0.162 e. The van der Waals surface area contributed by atoms with Gasteiger partial charge in [0.2, 0.25) is 0 Å². The Bertz CT molecular complexity index is 477. The van der Waals surface area contributed by atoms with E-state index in [0.717, 1.165) is 28.6 Å². The first-order chi connectivity index (χ1) is 9.15. The standard InChI is InChI=1S/C14H17BrO4/c1-8-2-3-11(19-8)14(16)9-6-12-13(7-10(9)15)18-5-4-17-12/h6-8,11,14,16H,2-5H2,1H3. The van der Waals surface area contributed by atoms with Crippen molar-refractivity contribution in [2.24, 2.45) is 0 Å². The number of rotatable bonds is 2. The first-order valence-corrected chi connectivity index (χ1v) is 7.37. The molecule has 5 heteroatoms. The molecule has 3 unspecified atom stereocenters. The minimum Gasteiger partial charge on any atom is -0.486 e. The van der Waals surface area contributed by atoms with Crippen molar-refractivity contribution in [3.8, 4) is 11.5 Å². The Morgan fingerprint density at radius 2 is 1.89 bits per heavy atom. The fraction of sp³-hybridized carbons (Fsp3) is 0.571. The second-order valence-corrected chi connectivity index (χ2v) is 5.88. The number of halogens is 1. The molecule has 0 bridgehead atoms. The highest BCUT2D eigenvalue weighted by molar-refractivity contribution is 9.10. The number of hydrogen-bond acceptors (Lipinski definition) is 4. The lowest BCUT2D eigenvalue weighted by molar-refractivity contribution is -0.0301. The van der Waals surface area contributed by atoms with Gasteiger partial charge in [-0.25, -0.2) is 0 Å². The van der Waals surface area contributed by atoms with Gasteiger partial charge in [0.15, 0.2) is 11.5 Å². The largest absolute Gasteiger partial charge is 0.486 e. The van der Waals surface area contributed by atoms with Crippen molar-refractivity contribution < 1.29 is 19.3 Å². The summed E-state index contributed by atoms with van der Waals surface area (Å²) in [6.45, 7) is 3.14. The molecule has 3 rings (SSSR count). The normalized spacial score (nSPS) is 27.3. The van der Waals surface area contributed by atoms with E-state index in [-0.39, 0.29) is 12.2 Å². The first kappa shape index (κ1) is 13.2. The number of fused-ring (bicyclic) bond motifs is 1. The number of aliphatic hydroxyl groups is 1. The minimum absolute atomic E-state index is 0.145. The summed E-state index contributed by atoms with van der Waals surface area (Å²) in [6.07, 6.45) is 1.30. The summed E-state index contributed by atoms with van der Waals surface area (Å²) in [5.41, 5.74) is 0.795. The molecule has 0 spiro atoms. The van der Waals surface area contributed by atoms with Crippen LogP contribution in [0, 0.1) is 0 Å².